The Balaban J connectivity index is 1.82. The van der Waals surface area contributed by atoms with Crippen molar-refractivity contribution < 1.29 is 14.0 Å². The van der Waals surface area contributed by atoms with E-state index in [1.807, 2.05) is 26.2 Å². The molecule has 5 nitrogen and oxygen atoms in total. The molecule has 0 aliphatic carbocycles. The van der Waals surface area contributed by atoms with Crippen LogP contribution in [0.25, 0.3) is 0 Å². The summed E-state index contributed by atoms with van der Waals surface area (Å²) in [4.78, 5) is 28.3. The molecule has 0 saturated heterocycles. The number of hydrogen-bond acceptors (Lipinski definition) is 4. The number of aromatic nitrogens is 1. The molecule has 1 heterocycles. The van der Waals surface area contributed by atoms with Gasteiger partial charge in [0.25, 0.3) is 5.91 Å². The zero-order chi connectivity index (χ0) is 18.6. The number of nitrogens with zero attached hydrogens (tertiary/aromatic N) is 1. The van der Waals surface area contributed by atoms with Crippen molar-refractivity contribution in [2.24, 2.45) is 0 Å². The van der Waals surface area contributed by atoms with Crippen LogP contribution in [0.2, 0.25) is 5.02 Å². The quantitative estimate of drug-likeness (QED) is 0.820. The van der Waals surface area contributed by atoms with Crippen LogP contribution >= 0.6 is 22.9 Å². The van der Waals surface area contributed by atoms with Gasteiger partial charge in [-0.15, -0.1) is 11.3 Å². The molecule has 2 N–H and O–H groups in total. The van der Waals surface area contributed by atoms with E-state index in [2.05, 4.69) is 15.6 Å². The predicted octanol–water partition coefficient (Wildman–Crippen LogP) is 3.99. The first-order valence-corrected chi connectivity index (χ1v) is 8.91. The maximum absolute atomic E-state index is 13.0. The molecule has 2 rings (SSSR count). The highest BCUT2D eigenvalue weighted by Gasteiger charge is 2.18. The summed E-state index contributed by atoms with van der Waals surface area (Å²) in [5.74, 6) is -1.22. The van der Waals surface area contributed by atoms with Gasteiger partial charge in [0.15, 0.2) is 5.13 Å². The Morgan fingerprint density at radius 3 is 2.64 bits per heavy atom. The Labute approximate surface area is 154 Å². The van der Waals surface area contributed by atoms with E-state index < -0.39 is 11.7 Å². The minimum Gasteiger partial charge on any atom is -0.351 e. The average Bonchev–Trinajstić information content (AvgIpc) is 2.95. The SMILES string of the molecule is CC(C)(C)c1csc(NC(=O)CCNC(=O)c2ccc(F)cc2Cl)n1. The molecule has 2 aromatic rings. The molecule has 134 valence electrons. The molecule has 0 saturated carbocycles. The third kappa shape index (κ3) is 5.51. The van der Waals surface area contributed by atoms with Gasteiger partial charge in [-0.25, -0.2) is 9.37 Å². The molecule has 0 aliphatic heterocycles. The van der Waals surface area contributed by atoms with Crippen LogP contribution in [0.15, 0.2) is 23.6 Å². The van der Waals surface area contributed by atoms with Crippen LogP contribution < -0.4 is 10.6 Å². The number of nitrogens with one attached hydrogen (secondary N) is 2. The maximum Gasteiger partial charge on any atom is 0.252 e. The highest BCUT2D eigenvalue weighted by Crippen LogP contribution is 2.26. The third-order valence-electron chi connectivity index (χ3n) is 3.33. The van der Waals surface area contributed by atoms with Crippen molar-refractivity contribution in [2.75, 3.05) is 11.9 Å². The van der Waals surface area contributed by atoms with Crippen LogP contribution in [0.4, 0.5) is 9.52 Å². The Hall–Kier alpha value is -1.99. The first kappa shape index (κ1) is 19.3. The first-order valence-electron chi connectivity index (χ1n) is 7.66. The highest BCUT2D eigenvalue weighted by molar-refractivity contribution is 7.13. The molecule has 0 radical (unpaired) electrons. The summed E-state index contributed by atoms with van der Waals surface area (Å²) in [6, 6.07) is 3.53. The van der Waals surface area contributed by atoms with E-state index in [0.717, 1.165) is 17.8 Å². The second-order valence-electron chi connectivity index (χ2n) is 6.47. The van der Waals surface area contributed by atoms with Gasteiger partial charge in [0, 0.05) is 23.8 Å². The van der Waals surface area contributed by atoms with Crippen LogP contribution in [0, 0.1) is 5.82 Å². The van der Waals surface area contributed by atoms with Crippen molar-refractivity contribution in [2.45, 2.75) is 32.6 Å². The number of rotatable bonds is 5. The van der Waals surface area contributed by atoms with E-state index in [4.69, 9.17) is 11.6 Å². The van der Waals surface area contributed by atoms with E-state index in [-0.39, 0.29) is 34.9 Å². The number of benzene rings is 1. The number of anilines is 1. The molecule has 0 bridgehead atoms. The monoisotopic (exact) mass is 383 g/mol. The van der Waals surface area contributed by atoms with Gasteiger partial charge in [-0.05, 0) is 18.2 Å². The normalized spacial score (nSPS) is 11.2. The van der Waals surface area contributed by atoms with E-state index in [0.29, 0.717) is 5.13 Å². The van der Waals surface area contributed by atoms with Crippen molar-refractivity contribution in [1.29, 1.82) is 0 Å². The fraction of sp³-hybridized carbons (Fsp3) is 0.353. The van der Waals surface area contributed by atoms with Gasteiger partial charge in [-0.3, -0.25) is 9.59 Å². The van der Waals surface area contributed by atoms with E-state index in [1.54, 1.807) is 0 Å². The lowest BCUT2D eigenvalue weighted by molar-refractivity contribution is -0.116. The van der Waals surface area contributed by atoms with E-state index in [9.17, 15) is 14.0 Å². The Morgan fingerprint density at radius 1 is 1.32 bits per heavy atom. The van der Waals surface area contributed by atoms with Crippen LogP contribution in [0.5, 0.6) is 0 Å². The largest absolute Gasteiger partial charge is 0.351 e. The summed E-state index contributed by atoms with van der Waals surface area (Å²) in [6.45, 7) is 6.27. The van der Waals surface area contributed by atoms with Crippen molar-refractivity contribution >= 4 is 39.9 Å². The van der Waals surface area contributed by atoms with Gasteiger partial charge in [0.05, 0.1) is 16.3 Å². The van der Waals surface area contributed by atoms with Gasteiger partial charge in [-0.1, -0.05) is 32.4 Å². The van der Waals surface area contributed by atoms with Crippen molar-refractivity contribution in [3.05, 3.63) is 45.7 Å². The number of halogens is 2. The van der Waals surface area contributed by atoms with Crippen LogP contribution in [-0.2, 0) is 10.2 Å². The minimum absolute atomic E-state index is 0.0273. The zero-order valence-corrected chi connectivity index (χ0v) is 15.7. The fourth-order valence-electron chi connectivity index (χ4n) is 1.92. The van der Waals surface area contributed by atoms with Crippen molar-refractivity contribution in [3.63, 3.8) is 0 Å². The van der Waals surface area contributed by atoms with Crippen LogP contribution in [-0.4, -0.2) is 23.3 Å². The molecule has 0 fully saturated rings. The number of hydrogen-bond donors (Lipinski definition) is 2. The summed E-state index contributed by atoms with van der Waals surface area (Å²) in [5, 5.41) is 7.76. The third-order valence-corrected chi connectivity index (χ3v) is 4.40. The average molecular weight is 384 g/mol. The molecule has 0 spiro atoms. The molecule has 0 unspecified atom stereocenters. The molecule has 25 heavy (non-hydrogen) atoms. The molecule has 1 aromatic heterocycles. The lowest BCUT2D eigenvalue weighted by Gasteiger charge is -2.14. The molecule has 0 atom stereocenters. The number of carbonyl (C=O) groups is 2. The smallest absolute Gasteiger partial charge is 0.252 e. The van der Waals surface area contributed by atoms with Crippen LogP contribution in [0.3, 0.4) is 0 Å². The summed E-state index contributed by atoms with van der Waals surface area (Å²) >= 11 is 7.19. The van der Waals surface area contributed by atoms with E-state index >= 15 is 0 Å². The van der Waals surface area contributed by atoms with Gasteiger partial charge in [-0.2, -0.15) is 0 Å². The predicted molar refractivity (Wildman–Crippen MR) is 97.8 cm³/mol. The Morgan fingerprint density at radius 2 is 2.04 bits per heavy atom. The summed E-state index contributed by atoms with van der Waals surface area (Å²) in [5.41, 5.74) is 0.993. The summed E-state index contributed by atoms with van der Waals surface area (Å²) in [7, 11) is 0. The van der Waals surface area contributed by atoms with Crippen molar-refractivity contribution in [3.8, 4) is 0 Å². The van der Waals surface area contributed by atoms with Gasteiger partial charge in [0.2, 0.25) is 5.91 Å². The summed E-state index contributed by atoms with van der Waals surface area (Å²) in [6.07, 6.45) is 0.0922. The van der Waals surface area contributed by atoms with Gasteiger partial charge < -0.3 is 10.6 Å². The molecular formula is C17H19ClFN3O2S. The lowest BCUT2D eigenvalue weighted by atomic mass is 9.93. The molecule has 2 amide bonds. The molecule has 1 aromatic carbocycles. The number of thiazole rings is 1. The Bertz CT molecular complexity index is 786. The minimum atomic E-state index is -0.515. The molecular weight excluding hydrogens is 365 g/mol. The Kier molecular flexibility index (Phi) is 6.13. The molecule has 0 aliphatic rings. The highest BCUT2D eigenvalue weighted by atomic mass is 35.5. The summed E-state index contributed by atoms with van der Waals surface area (Å²) < 4.78 is 13.0. The van der Waals surface area contributed by atoms with Gasteiger partial charge >= 0.3 is 0 Å². The lowest BCUT2D eigenvalue weighted by Crippen LogP contribution is -2.28. The fourth-order valence-corrected chi connectivity index (χ4v) is 3.12. The zero-order valence-electron chi connectivity index (χ0n) is 14.2. The second kappa shape index (κ2) is 7.93. The number of amides is 2. The number of carbonyl (C=O) groups excluding carboxylic acids is 2. The second-order valence-corrected chi connectivity index (χ2v) is 7.73. The topological polar surface area (TPSA) is 71.1 Å². The van der Waals surface area contributed by atoms with Crippen molar-refractivity contribution in [1.82, 2.24) is 10.3 Å². The van der Waals surface area contributed by atoms with Crippen LogP contribution in [0.1, 0.15) is 43.2 Å². The van der Waals surface area contributed by atoms with Gasteiger partial charge in [0.1, 0.15) is 5.82 Å². The standard InChI is InChI=1S/C17H19ClFN3O2S/c1-17(2,3)13-9-25-16(21-13)22-14(23)6-7-20-15(24)11-5-4-10(19)8-12(11)18/h4-5,8-9H,6-7H2,1-3H3,(H,20,24)(H,21,22,23). The van der Waals surface area contributed by atoms with E-state index in [1.165, 1.54) is 17.4 Å². The maximum atomic E-state index is 13.0. The molecule has 8 heteroatoms. The first-order chi connectivity index (χ1) is 11.7.